The van der Waals surface area contributed by atoms with Gasteiger partial charge in [0.05, 0.1) is 6.26 Å². The molecule has 4 rings (SSSR count). The van der Waals surface area contributed by atoms with Gasteiger partial charge in [0.1, 0.15) is 5.69 Å². The molecule has 1 aliphatic rings. The van der Waals surface area contributed by atoms with Crippen molar-refractivity contribution < 1.29 is 14.0 Å². The molecule has 0 atom stereocenters. The van der Waals surface area contributed by atoms with Crippen molar-refractivity contribution in [3.63, 3.8) is 0 Å². The number of aromatic nitrogens is 1. The summed E-state index contributed by atoms with van der Waals surface area (Å²) in [5, 5.41) is 4.16. The van der Waals surface area contributed by atoms with Crippen molar-refractivity contribution in [2.75, 3.05) is 13.1 Å². The van der Waals surface area contributed by atoms with Crippen molar-refractivity contribution >= 4 is 22.7 Å². The number of fused-ring (bicyclic) bond motifs is 1. The molecule has 1 aliphatic heterocycles. The number of furan rings is 1. The SMILES string of the molecule is Cn1c(C(=O)NC2CCN(C(=O)c3ccco3)CC2)cc2ccccc21. The van der Waals surface area contributed by atoms with Crippen molar-refractivity contribution in [3.05, 3.63) is 60.2 Å². The molecule has 6 nitrogen and oxygen atoms in total. The van der Waals surface area contributed by atoms with Crippen molar-refractivity contribution in [2.45, 2.75) is 18.9 Å². The van der Waals surface area contributed by atoms with E-state index in [1.807, 2.05) is 41.9 Å². The molecule has 0 unspecified atom stereocenters. The van der Waals surface area contributed by atoms with E-state index >= 15 is 0 Å². The van der Waals surface area contributed by atoms with Gasteiger partial charge in [0.25, 0.3) is 11.8 Å². The summed E-state index contributed by atoms with van der Waals surface area (Å²) in [6, 6.07) is 13.3. The monoisotopic (exact) mass is 351 g/mol. The highest BCUT2D eigenvalue weighted by Crippen LogP contribution is 2.19. The number of amides is 2. The first kappa shape index (κ1) is 16.4. The summed E-state index contributed by atoms with van der Waals surface area (Å²) in [5.74, 6) is 0.205. The molecule has 134 valence electrons. The number of piperidine rings is 1. The largest absolute Gasteiger partial charge is 0.459 e. The minimum absolute atomic E-state index is 0.0699. The summed E-state index contributed by atoms with van der Waals surface area (Å²) in [5.41, 5.74) is 1.69. The lowest BCUT2D eigenvalue weighted by atomic mass is 10.0. The van der Waals surface area contributed by atoms with Crippen LogP contribution in [0.5, 0.6) is 0 Å². The lowest BCUT2D eigenvalue weighted by Crippen LogP contribution is -2.46. The van der Waals surface area contributed by atoms with Crippen LogP contribution in [0.4, 0.5) is 0 Å². The Labute approximate surface area is 151 Å². The van der Waals surface area contributed by atoms with E-state index in [-0.39, 0.29) is 17.9 Å². The Hall–Kier alpha value is -3.02. The summed E-state index contributed by atoms with van der Waals surface area (Å²) in [6.07, 6.45) is 2.98. The number of nitrogens with zero attached hydrogens (tertiary/aromatic N) is 2. The van der Waals surface area contributed by atoms with Gasteiger partial charge < -0.3 is 19.2 Å². The fourth-order valence-corrected chi connectivity index (χ4v) is 3.55. The summed E-state index contributed by atoms with van der Waals surface area (Å²) in [4.78, 5) is 26.8. The third-order valence-corrected chi connectivity index (χ3v) is 5.03. The second-order valence-electron chi connectivity index (χ2n) is 6.66. The number of nitrogens with one attached hydrogen (secondary N) is 1. The lowest BCUT2D eigenvalue weighted by molar-refractivity contribution is 0.0667. The van der Waals surface area contributed by atoms with E-state index in [9.17, 15) is 9.59 Å². The Morgan fingerprint density at radius 2 is 1.88 bits per heavy atom. The molecule has 6 heteroatoms. The predicted molar refractivity (Wildman–Crippen MR) is 98.0 cm³/mol. The highest BCUT2D eigenvalue weighted by molar-refractivity contribution is 5.98. The summed E-state index contributed by atoms with van der Waals surface area (Å²) < 4.78 is 7.09. The molecule has 2 aromatic heterocycles. The van der Waals surface area contributed by atoms with Crippen LogP contribution in [0.3, 0.4) is 0 Å². The Kier molecular flexibility index (Phi) is 4.24. The zero-order chi connectivity index (χ0) is 18.1. The van der Waals surface area contributed by atoms with Gasteiger partial charge in [-0.25, -0.2) is 0 Å². The molecule has 0 saturated carbocycles. The first-order chi connectivity index (χ1) is 12.6. The van der Waals surface area contributed by atoms with Crippen LogP contribution in [0.2, 0.25) is 0 Å². The molecule has 0 aliphatic carbocycles. The number of likely N-dealkylation sites (tertiary alicyclic amines) is 1. The molecule has 1 saturated heterocycles. The van der Waals surface area contributed by atoms with E-state index in [0.29, 0.717) is 24.5 Å². The smallest absolute Gasteiger partial charge is 0.289 e. The van der Waals surface area contributed by atoms with Crippen molar-refractivity contribution in [1.82, 2.24) is 14.8 Å². The minimum atomic E-state index is -0.0894. The molecular weight excluding hydrogens is 330 g/mol. The van der Waals surface area contributed by atoms with E-state index < -0.39 is 0 Å². The maximum atomic E-state index is 12.7. The van der Waals surface area contributed by atoms with Gasteiger partial charge in [-0.3, -0.25) is 9.59 Å². The van der Waals surface area contributed by atoms with Gasteiger partial charge in [-0.05, 0) is 37.1 Å². The van der Waals surface area contributed by atoms with Crippen molar-refractivity contribution in [1.29, 1.82) is 0 Å². The summed E-state index contributed by atoms with van der Waals surface area (Å²) in [6.45, 7) is 1.22. The number of para-hydroxylation sites is 1. The van der Waals surface area contributed by atoms with Crippen LogP contribution in [-0.4, -0.2) is 40.4 Å². The number of carbonyl (C=O) groups excluding carboxylic acids is 2. The zero-order valence-electron chi connectivity index (χ0n) is 14.6. The standard InChI is InChI=1S/C20H21N3O3/c1-22-16-6-3-2-5-14(16)13-17(22)19(24)21-15-8-10-23(11-9-15)20(25)18-7-4-12-26-18/h2-7,12-13,15H,8-11H2,1H3,(H,21,24). The quantitative estimate of drug-likeness (QED) is 0.789. The topological polar surface area (TPSA) is 67.5 Å². The average molecular weight is 351 g/mol. The van der Waals surface area contributed by atoms with Gasteiger partial charge in [0.15, 0.2) is 5.76 Å². The van der Waals surface area contributed by atoms with Crippen LogP contribution in [0.15, 0.2) is 53.1 Å². The van der Waals surface area contributed by atoms with Gasteiger partial charge in [-0.1, -0.05) is 18.2 Å². The fourth-order valence-electron chi connectivity index (χ4n) is 3.55. The lowest BCUT2D eigenvalue weighted by Gasteiger charge is -2.31. The fraction of sp³-hybridized carbons (Fsp3) is 0.300. The number of benzene rings is 1. The Balaban J connectivity index is 1.38. The molecule has 2 amide bonds. The van der Waals surface area contributed by atoms with Crippen molar-refractivity contribution in [2.24, 2.45) is 7.05 Å². The normalized spacial score (nSPS) is 15.3. The molecule has 3 heterocycles. The zero-order valence-corrected chi connectivity index (χ0v) is 14.6. The van der Waals surface area contributed by atoms with Crippen LogP contribution < -0.4 is 5.32 Å². The maximum absolute atomic E-state index is 12.7. The van der Waals surface area contributed by atoms with E-state index in [4.69, 9.17) is 4.42 Å². The van der Waals surface area contributed by atoms with Gasteiger partial charge in [0.2, 0.25) is 0 Å². The van der Waals surface area contributed by atoms with E-state index in [1.165, 1.54) is 6.26 Å². The molecule has 3 aromatic rings. The van der Waals surface area contributed by atoms with Crippen molar-refractivity contribution in [3.8, 4) is 0 Å². The number of hydrogen-bond acceptors (Lipinski definition) is 3. The Bertz CT molecular complexity index is 935. The van der Waals surface area contributed by atoms with E-state index in [0.717, 1.165) is 23.7 Å². The van der Waals surface area contributed by atoms with Crippen LogP contribution in [-0.2, 0) is 7.05 Å². The van der Waals surface area contributed by atoms with Crippen LogP contribution >= 0.6 is 0 Å². The Morgan fingerprint density at radius 3 is 2.58 bits per heavy atom. The minimum Gasteiger partial charge on any atom is -0.459 e. The average Bonchev–Trinajstić information content (AvgIpc) is 3.31. The molecule has 0 radical (unpaired) electrons. The van der Waals surface area contributed by atoms with Crippen LogP contribution in [0.1, 0.15) is 33.9 Å². The number of aryl methyl sites for hydroxylation is 1. The van der Waals surface area contributed by atoms with E-state index in [1.54, 1.807) is 17.0 Å². The molecule has 1 aromatic carbocycles. The van der Waals surface area contributed by atoms with Gasteiger partial charge >= 0.3 is 0 Å². The molecule has 1 N–H and O–H groups in total. The maximum Gasteiger partial charge on any atom is 0.289 e. The molecule has 1 fully saturated rings. The highest BCUT2D eigenvalue weighted by atomic mass is 16.3. The second kappa shape index (κ2) is 6.71. The molecule has 0 spiro atoms. The summed E-state index contributed by atoms with van der Waals surface area (Å²) in [7, 11) is 1.90. The number of carbonyl (C=O) groups is 2. The second-order valence-corrected chi connectivity index (χ2v) is 6.66. The van der Waals surface area contributed by atoms with E-state index in [2.05, 4.69) is 5.32 Å². The van der Waals surface area contributed by atoms with Gasteiger partial charge in [0, 0.05) is 37.1 Å². The Morgan fingerprint density at radius 1 is 1.12 bits per heavy atom. The molecule has 26 heavy (non-hydrogen) atoms. The third-order valence-electron chi connectivity index (χ3n) is 5.03. The summed E-state index contributed by atoms with van der Waals surface area (Å²) >= 11 is 0. The van der Waals surface area contributed by atoms with Crippen LogP contribution in [0.25, 0.3) is 10.9 Å². The molecule has 0 bridgehead atoms. The van der Waals surface area contributed by atoms with Crippen LogP contribution in [0, 0.1) is 0 Å². The first-order valence-electron chi connectivity index (χ1n) is 8.81. The molecular formula is C20H21N3O3. The predicted octanol–water partition coefficient (Wildman–Crippen LogP) is 2.81. The van der Waals surface area contributed by atoms with Gasteiger partial charge in [-0.15, -0.1) is 0 Å². The third kappa shape index (κ3) is 2.98. The highest BCUT2D eigenvalue weighted by Gasteiger charge is 2.26. The number of hydrogen-bond donors (Lipinski definition) is 1. The number of rotatable bonds is 3. The first-order valence-corrected chi connectivity index (χ1v) is 8.81. The van der Waals surface area contributed by atoms with Gasteiger partial charge in [-0.2, -0.15) is 0 Å².